The van der Waals surface area contributed by atoms with Gasteiger partial charge >= 0.3 is 0 Å². The van der Waals surface area contributed by atoms with Gasteiger partial charge in [-0.1, -0.05) is 19.4 Å². The highest BCUT2D eigenvalue weighted by Crippen LogP contribution is 2.24. The van der Waals surface area contributed by atoms with Crippen LogP contribution in [0, 0.1) is 6.92 Å². The van der Waals surface area contributed by atoms with Gasteiger partial charge < -0.3 is 5.11 Å². The van der Waals surface area contributed by atoms with Crippen molar-refractivity contribution in [1.82, 2.24) is 4.98 Å². The largest absolute Gasteiger partial charge is 0.385 e. The van der Waals surface area contributed by atoms with E-state index in [1.165, 1.54) is 0 Å². The van der Waals surface area contributed by atoms with E-state index in [9.17, 15) is 5.11 Å². The molecule has 72 valence electrons. The van der Waals surface area contributed by atoms with Crippen LogP contribution in [-0.4, -0.2) is 10.1 Å². The zero-order valence-corrected chi connectivity index (χ0v) is 8.54. The van der Waals surface area contributed by atoms with Gasteiger partial charge in [0.1, 0.15) is 0 Å². The lowest BCUT2D eigenvalue weighted by atomic mass is 9.93. The molecule has 0 aliphatic rings. The van der Waals surface area contributed by atoms with Crippen molar-refractivity contribution in [3.63, 3.8) is 0 Å². The van der Waals surface area contributed by atoms with Crippen molar-refractivity contribution in [1.29, 1.82) is 0 Å². The van der Waals surface area contributed by atoms with E-state index < -0.39 is 5.60 Å². The summed E-state index contributed by atoms with van der Waals surface area (Å²) in [5, 5.41) is 10.0. The lowest BCUT2D eigenvalue weighted by Crippen LogP contribution is -2.20. The van der Waals surface area contributed by atoms with Gasteiger partial charge in [0.05, 0.1) is 5.60 Å². The van der Waals surface area contributed by atoms with Gasteiger partial charge in [0.25, 0.3) is 0 Å². The number of aromatic nitrogens is 1. The summed E-state index contributed by atoms with van der Waals surface area (Å²) < 4.78 is 0. The Labute approximate surface area is 79.6 Å². The van der Waals surface area contributed by atoms with E-state index >= 15 is 0 Å². The highest BCUT2D eigenvalue weighted by molar-refractivity contribution is 5.19. The second-order valence-electron chi connectivity index (χ2n) is 3.71. The molecule has 0 radical (unpaired) electrons. The zero-order chi connectivity index (χ0) is 9.90. The molecule has 0 fully saturated rings. The van der Waals surface area contributed by atoms with E-state index in [4.69, 9.17) is 0 Å². The SMILES string of the molecule is CCCC(C)(O)c1ccc(C)nc1. The highest BCUT2D eigenvalue weighted by atomic mass is 16.3. The van der Waals surface area contributed by atoms with Crippen molar-refractivity contribution in [2.24, 2.45) is 0 Å². The second-order valence-corrected chi connectivity index (χ2v) is 3.71. The minimum atomic E-state index is -0.727. The summed E-state index contributed by atoms with van der Waals surface area (Å²) in [6, 6.07) is 3.87. The van der Waals surface area contributed by atoms with Crippen molar-refractivity contribution in [2.75, 3.05) is 0 Å². The summed E-state index contributed by atoms with van der Waals surface area (Å²) in [5.74, 6) is 0. The topological polar surface area (TPSA) is 33.1 Å². The number of pyridine rings is 1. The maximum atomic E-state index is 10.0. The molecule has 0 aliphatic carbocycles. The summed E-state index contributed by atoms with van der Waals surface area (Å²) in [6.07, 6.45) is 3.50. The number of hydrogen-bond donors (Lipinski definition) is 1. The predicted octanol–water partition coefficient (Wildman–Crippen LogP) is 2.40. The molecule has 1 heterocycles. The monoisotopic (exact) mass is 179 g/mol. The lowest BCUT2D eigenvalue weighted by molar-refractivity contribution is 0.0466. The van der Waals surface area contributed by atoms with Gasteiger partial charge in [-0.2, -0.15) is 0 Å². The van der Waals surface area contributed by atoms with Gasteiger partial charge in [-0.25, -0.2) is 0 Å². The van der Waals surface area contributed by atoms with Crippen molar-refractivity contribution < 1.29 is 5.11 Å². The van der Waals surface area contributed by atoms with Crippen LogP contribution in [0.2, 0.25) is 0 Å². The molecule has 0 saturated carbocycles. The van der Waals surface area contributed by atoms with Crippen LogP contribution in [0.3, 0.4) is 0 Å². The number of aliphatic hydroxyl groups is 1. The van der Waals surface area contributed by atoms with Crippen LogP contribution >= 0.6 is 0 Å². The molecule has 1 rings (SSSR count). The Morgan fingerprint density at radius 1 is 1.46 bits per heavy atom. The molecular formula is C11H17NO. The molecule has 2 heteroatoms. The number of nitrogens with zero attached hydrogens (tertiary/aromatic N) is 1. The predicted molar refractivity (Wildman–Crippen MR) is 53.5 cm³/mol. The molecular weight excluding hydrogens is 162 g/mol. The summed E-state index contributed by atoms with van der Waals surface area (Å²) in [5.41, 5.74) is 1.16. The fourth-order valence-corrected chi connectivity index (χ4v) is 1.42. The van der Waals surface area contributed by atoms with Crippen LogP contribution in [0.4, 0.5) is 0 Å². The number of rotatable bonds is 3. The molecule has 0 aromatic carbocycles. The molecule has 0 bridgehead atoms. The van der Waals surface area contributed by atoms with Gasteiger partial charge in [0.15, 0.2) is 0 Å². The summed E-state index contributed by atoms with van der Waals surface area (Å²) in [6.45, 7) is 5.84. The summed E-state index contributed by atoms with van der Waals surface area (Å²) in [4.78, 5) is 4.17. The van der Waals surface area contributed by atoms with Crippen molar-refractivity contribution in [3.05, 3.63) is 29.6 Å². The Bertz CT molecular complexity index is 264. The average molecular weight is 179 g/mol. The maximum Gasteiger partial charge on any atom is 0.0883 e. The molecule has 0 amide bonds. The van der Waals surface area contributed by atoms with Crippen molar-refractivity contribution in [2.45, 2.75) is 39.2 Å². The van der Waals surface area contributed by atoms with E-state index in [0.717, 1.165) is 24.1 Å². The minimum Gasteiger partial charge on any atom is -0.385 e. The fourth-order valence-electron chi connectivity index (χ4n) is 1.42. The first-order valence-electron chi connectivity index (χ1n) is 4.72. The van der Waals surface area contributed by atoms with Crippen LogP contribution in [0.15, 0.2) is 18.3 Å². The molecule has 1 aromatic rings. The molecule has 1 N–H and O–H groups in total. The van der Waals surface area contributed by atoms with Crippen LogP contribution in [0.1, 0.15) is 37.9 Å². The van der Waals surface area contributed by atoms with Crippen LogP contribution in [-0.2, 0) is 5.60 Å². The normalized spacial score (nSPS) is 15.4. The van der Waals surface area contributed by atoms with Gasteiger partial charge in [0.2, 0.25) is 0 Å². The Morgan fingerprint density at radius 3 is 2.62 bits per heavy atom. The lowest BCUT2D eigenvalue weighted by Gasteiger charge is -2.22. The molecule has 1 atom stereocenters. The Balaban J connectivity index is 2.87. The highest BCUT2D eigenvalue weighted by Gasteiger charge is 2.21. The minimum absolute atomic E-state index is 0.727. The average Bonchev–Trinajstić information content (AvgIpc) is 2.05. The van der Waals surface area contributed by atoms with E-state index in [2.05, 4.69) is 11.9 Å². The van der Waals surface area contributed by atoms with E-state index in [1.807, 2.05) is 26.0 Å². The zero-order valence-electron chi connectivity index (χ0n) is 8.54. The smallest absolute Gasteiger partial charge is 0.0883 e. The fraction of sp³-hybridized carbons (Fsp3) is 0.545. The van der Waals surface area contributed by atoms with Crippen LogP contribution < -0.4 is 0 Å². The third kappa shape index (κ3) is 2.52. The molecule has 13 heavy (non-hydrogen) atoms. The molecule has 1 unspecified atom stereocenters. The van der Waals surface area contributed by atoms with Crippen LogP contribution in [0.25, 0.3) is 0 Å². The Morgan fingerprint density at radius 2 is 2.15 bits per heavy atom. The molecule has 0 spiro atoms. The van der Waals surface area contributed by atoms with Gasteiger partial charge in [0, 0.05) is 17.5 Å². The molecule has 1 aromatic heterocycles. The Hall–Kier alpha value is -0.890. The van der Waals surface area contributed by atoms with Crippen molar-refractivity contribution in [3.8, 4) is 0 Å². The number of aryl methyl sites for hydroxylation is 1. The second kappa shape index (κ2) is 3.88. The van der Waals surface area contributed by atoms with Gasteiger partial charge in [-0.05, 0) is 26.3 Å². The van der Waals surface area contributed by atoms with Gasteiger partial charge in [-0.15, -0.1) is 0 Å². The first-order valence-corrected chi connectivity index (χ1v) is 4.72. The van der Waals surface area contributed by atoms with Gasteiger partial charge in [-0.3, -0.25) is 4.98 Å². The van der Waals surface area contributed by atoms with Crippen molar-refractivity contribution >= 4 is 0 Å². The summed E-state index contributed by atoms with van der Waals surface area (Å²) in [7, 11) is 0. The van der Waals surface area contributed by atoms with E-state index in [-0.39, 0.29) is 0 Å². The summed E-state index contributed by atoms with van der Waals surface area (Å²) >= 11 is 0. The third-order valence-electron chi connectivity index (χ3n) is 2.27. The molecule has 0 aliphatic heterocycles. The number of hydrogen-bond acceptors (Lipinski definition) is 2. The molecule has 2 nitrogen and oxygen atoms in total. The van der Waals surface area contributed by atoms with E-state index in [1.54, 1.807) is 6.20 Å². The first-order chi connectivity index (χ1) is 6.06. The first kappa shape index (κ1) is 10.2. The maximum absolute atomic E-state index is 10.0. The third-order valence-corrected chi connectivity index (χ3v) is 2.27. The van der Waals surface area contributed by atoms with E-state index in [0.29, 0.717) is 0 Å². The quantitative estimate of drug-likeness (QED) is 0.773. The standard InChI is InChI=1S/C11H17NO/c1-4-7-11(3,13)10-6-5-9(2)12-8-10/h5-6,8,13H,4,7H2,1-3H3. The Kier molecular flexibility index (Phi) is 3.04. The molecule has 0 saturated heterocycles. The van der Waals surface area contributed by atoms with Crippen LogP contribution in [0.5, 0.6) is 0 Å².